The van der Waals surface area contributed by atoms with Crippen LogP contribution in [0.1, 0.15) is 30.0 Å². The molecule has 1 unspecified atom stereocenters. The molecule has 2 aromatic heterocycles. The third-order valence-electron chi connectivity index (χ3n) is 4.35. The van der Waals surface area contributed by atoms with Crippen LogP contribution in [-0.4, -0.2) is 31.4 Å². The van der Waals surface area contributed by atoms with Crippen molar-refractivity contribution < 1.29 is 9.53 Å². The average molecular weight is 476 g/mol. The summed E-state index contributed by atoms with van der Waals surface area (Å²) in [5.41, 5.74) is 2.40. The molecule has 0 saturated heterocycles. The first-order valence-electron chi connectivity index (χ1n) is 9.01. The number of aromatic nitrogens is 4. The molecular weight excluding hydrogens is 454 g/mol. The number of hydrogen-bond acceptors (Lipinski definition) is 6. The molecule has 0 aliphatic heterocycles. The number of nitrogens with zero attached hydrogens (tertiary/aromatic N) is 4. The van der Waals surface area contributed by atoms with Crippen LogP contribution in [0.2, 0.25) is 0 Å². The van der Waals surface area contributed by atoms with Gasteiger partial charge in [-0.2, -0.15) is 0 Å². The number of amides is 1. The third-order valence-corrected chi connectivity index (χ3v) is 5.84. The quantitative estimate of drug-likeness (QED) is 0.507. The molecule has 0 aliphatic carbocycles. The van der Waals surface area contributed by atoms with E-state index in [0.29, 0.717) is 16.8 Å². The maximum Gasteiger partial charge on any atom is 0.236 e. The average Bonchev–Trinajstić information content (AvgIpc) is 3.05. The molecule has 0 spiro atoms. The molecular formula is C20H22BrN5O2S. The second-order valence-corrected chi connectivity index (χ2v) is 8.46. The van der Waals surface area contributed by atoms with E-state index >= 15 is 0 Å². The van der Waals surface area contributed by atoms with Crippen LogP contribution < -0.4 is 10.1 Å². The van der Waals surface area contributed by atoms with Crippen LogP contribution in [0, 0.1) is 13.8 Å². The lowest BCUT2D eigenvalue weighted by Gasteiger charge is -2.15. The number of halogens is 1. The van der Waals surface area contributed by atoms with Gasteiger partial charge in [-0.25, -0.2) is 4.98 Å². The van der Waals surface area contributed by atoms with Gasteiger partial charge in [-0.05, 0) is 72.1 Å². The predicted octanol–water partition coefficient (Wildman–Crippen LogP) is 4.46. The minimum atomic E-state index is -0.273. The number of carbonyl (C=O) groups is 1. The smallest absolute Gasteiger partial charge is 0.236 e. The molecule has 3 rings (SSSR count). The Morgan fingerprint density at radius 2 is 2.03 bits per heavy atom. The molecule has 29 heavy (non-hydrogen) atoms. The lowest BCUT2D eigenvalue weighted by Crippen LogP contribution is -2.15. The third kappa shape index (κ3) is 5.57. The number of nitrogens with one attached hydrogen (secondary N) is 1. The van der Waals surface area contributed by atoms with Gasteiger partial charge in [-0.1, -0.05) is 17.8 Å². The van der Waals surface area contributed by atoms with E-state index in [2.05, 4.69) is 50.3 Å². The van der Waals surface area contributed by atoms with Gasteiger partial charge >= 0.3 is 0 Å². The zero-order valence-electron chi connectivity index (χ0n) is 16.6. The Hall–Kier alpha value is -2.39. The van der Waals surface area contributed by atoms with Crippen LogP contribution in [0.25, 0.3) is 0 Å². The Balaban J connectivity index is 1.58. The standard InChI is InChI=1S/C20H22BrN5O2S/c1-12-5-7-16(9-13(12)2)28-14(3)19-24-25-20(26(19)4)29-11-18(27)23-17-8-6-15(21)10-22-17/h5-10,14H,11H2,1-4H3,(H,22,23,27). The number of ether oxygens (including phenoxy) is 1. The highest BCUT2D eigenvalue weighted by Gasteiger charge is 2.18. The molecule has 0 radical (unpaired) electrons. The molecule has 0 fully saturated rings. The molecule has 7 nitrogen and oxygen atoms in total. The summed E-state index contributed by atoms with van der Waals surface area (Å²) >= 11 is 4.63. The summed E-state index contributed by atoms with van der Waals surface area (Å²) < 4.78 is 8.72. The Morgan fingerprint density at radius 3 is 2.72 bits per heavy atom. The molecule has 1 amide bonds. The largest absolute Gasteiger partial charge is 0.483 e. The van der Waals surface area contributed by atoms with Gasteiger partial charge in [-0.3, -0.25) is 4.79 Å². The van der Waals surface area contributed by atoms with E-state index in [9.17, 15) is 4.79 Å². The number of pyridine rings is 1. The van der Waals surface area contributed by atoms with Crippen LogP contribution >= 0.6 is 27.7 Å². The zero-order chi connectivity index (χ0) is 21.0. The fraction of sp³-hybridized carbons (Fsp3) is 0.300. The fourth-order valence-corrected chi connectivity index (χ4v) is 3.56. The van der Waals surface area contributed by atoms with Gasteiger partial charge in [0.15, 0.2) is 17.1 Å². The second-order valence-electron chi connectivity index (χ2n) is 6.60. The van der Waals surface area contributed by atoms with Crippen molar-refractivity contribution in [2.45, 2.75) is 32.0 Å². The molecule has 1 N–H and O–H groups in total. The molecule has 152 valence electrons. The highest BCUT2D eigenvalue weighted by molar-refractivity contribution is 9.10. The first kappa shape index (κ1) is 21.3. The maximum absolute atomic E-state index is 12.2. The van der Waals surface area contributed by atoms with E-state index < -0.39 is 0 Å². The molecule has 1 atom stereocenters. The van der Waals surface area contributed by atoms with Crippen molar-refractivity contribution in [2.75, 3.05) is 11.1 Å². The summed E-state index contributed by atoms with van der Waals surface area (Å²) in [4.78, 5) is 16.3. The van der Waals surface area contributed by atoms with Gasteiger partial charge in [0.25, 0.3) is 0 Å². The van der Waals surface area contributed by atoms with Crippen LogP contribution in [0.5, 0.6) is 5.75 Å². The van der Waals surface area contributed by atoms with E-state index in [1.54, 1.807) is 12.3 Å². The van der Waals surface area contributed by atoms with Gasteiger partial charge in [-0.15, -0.1) is 10.2 Å². The van der Waals surface area contributed by atoms with Gasteiger partial charge in [0, 0.05) is 17.7 Å². The highest BCUT2D eigenvalue weighted by Crippen LogP contribution is 2.25. The second kappa shape index (κ2) is 9.41. The monoisotopic (exact) mass is 475 g/mol. The Labute approximate surface area is 182 Å². The van der Waals surface area contributed by atoms with Crippen LogP contribution in [0.4, 0.5) is 5.82 Å². The lowest BCUT2D eigenvalue weighted by atomic mass is 10.1. The summed E-state index contributed by atoms with van der Waals surface area (Å²) in [5.74, 6) is 2.04. The maximum atomic E-state index is 12.2. The minimum Gasteiger partial charge on any atom is -0.483 e. The Kier molecular flexibility index (Phi) is 6.92. The summed E-state index contributed by atoms with van der Waals surface area (Å²) in [6.07, 6.45) is 1.36. The predicted molar refractivity (Wildman–Crippen MR) is 117 cm³/mol. The van der Waals surface area contributed by atoms with Crippen LogP contribution in [0.3, 0.4) is 0 Å². The lowest BCUT2D eigenvalue weighted by molar-refractivity contribution is -0.113. The van der Waals surface area contributed by atoms with E-state index in [1.807, 2.05) is 42.8 Å². The Bertz CT molecular complexity index is 1010. The van der Waals surface area contributed by atoms with Gasteiger partial charge < -0.3 is 14.6 Å². The van der Waals surface area contributed by atoms with Crippen molar-refractivity contribution in [3.63, 3.8) is 0 Å². The number of benzene rings is 1. The zero-order valence-corrected chi connectivity index (χ0v) is 19.0. The molecule has 9 heteroatoms. The van der Waals surface area contributed by atoms with Crippen molar-refractivity contribution in [2.24, 2.45) is 7.05 Å². The van der Waals surface area contributed by atoms with E-state index in [0.717, 1.165) is 10.2 Å². The molecule has 2 heterocycles. The normalized spacial score (nSPS) is 11.9. The number of anilines is 1. The number of hydrogen-bond donors (Lipinski definition) is 1. The molecule has 3 aromatic rings. The first-order chi connectivity index (χ1) is 13.8. The molecule has 0 aliphatic rings. The summed E-state index contributed by atoms with van der Waals surface area (Å²) in [6, 6.07) is 9.55. The van der Waals surface area contributed by atoms with Crippen LogP contribution in [0.15, 0.2) is 46.2 Å². The molecule has 1 aromatic carbocycles. The topological polar surface area (TPSA) is 81.9 Å². The van der Waals surface area contributed by atoms with Crippen molar-refractivity contribution in [1.29, 1.82) is 0 Å². The Morgan fingerprint density at radius 1 is 1.24 bits per heavy atom. The highest BCUT2D eigenvalue weighted by atomic mass is 79.9. The van der Waals surface area contributed by atoms with E-state index in [1.165, 1.54) is 22.9 Å². The molecule has 0 bridgehead atoms. The van der Waals surface area contributed by atoms with Crippen molar-refractivity contribution in [3.8, 4) is 5.75 Å². The van der Waals surface area contributed by atoms with Crippen molar-refractivity contribution in [3.05, 3.63) is 58.0 Å². The number of aryl methyl sites for hydroxylation is 2. The van der Waals surface area contributed by atoms with Crippen molar-refractivity contribution >= 4 is 39.4 Å². The SMILES string of the molecule is Cc1ccc(OC(C)c2nnc(SCC(=O)Nc3ccc(Br)cn3)n2C)cc1C. The summed E-state index contributed by atoms with van der Waals surface area (Å²) in [7, 11) is 1.87. The van der Waals surface area contributed by atoms with Crippen LogP contribution in [-0.2, 0) is 11.8 Å². The summed E-state index contributed by atoms with van der Waals surface area (Å²) in [5, 5.41) is 11.8. The van der Waals surface area contributed by atoms with Gasteiger partial charge in [0.05, 0.1) is 5.75 Å². The van der Waals surface area contributed by atoms with Gasteiger partial charge in [0.2, 0.25) is 5.91 Å². The number of rotatable bonds is 7. The number of thioether (sulfide) groups is 1. The minimum absolute atomic E-state index is 0.159. The summed E-state index contributed by atoms with van der Waals surface area (Å²) in [6.45, 7) is 6.05. The number of carbonyl (C=O) groups excluding carboxylic acids is 1. The van der Waals surface area contributed by atoms with Gasteiger partial charge in [0.1, 0.15) is 11.6 Å². The molecule has 0 saturated carbocycles. The van der Waals surface area contributed by atoms with E-state index in [-0.39, 0.29) is 17.8 Å². The first-order valence-corrected chi connectivity index (χ1v) is 10.8. The van der Waals surface area contributed by atoms with E-state index in [4.69, 9.17) is 4.74 Å². The fourth-order valence-electron chi connectivity index (χ4n) is 2.61. The van der Waals surface area contributed by atoms with Crippen molar-refractivity contribution in [1.82, 2.24) is 19.7 Å².